The molecule has 190 valence electrons. The van der Waals surface area contributed by atoms with Gasteiger partial charge in [0.2, 0.25) is 5.91 Å². The maximum Gasteiger partial charge on any atom is 0.419 e. The number of carbonyl (C=O) groups excluding carboxylic acids is 2. The van der Waals surface area contributed by atoms with Crippen molar-refractivity contribution >= 4 is 17.6 Å². The third kappa shape index (κ3) is 3.94. The first-order chi connectivity index (χ1) is 17.6. The molecule has 2 aliphatic carbocycles. The second-order valence-electron chi connectivity index (χ2n) is 9.48. The van der Waals surface area contributed by atoms with Gasteiger partial charge >= 0.3 is 6.18 Å². The number of carbonyl (C=O) groups is 2. The maximum absolute atomic E-state index is 13.9. The van der Waals surface area contributed by atoms with Crippen molar-refractivity contribution in [3.8, 4) is 17.2 Å². The van der Waals surface area contributed by atoms with Crippen LogP contribution in [0.3, 0.4) is 0 Å². The Morgan fingerprint density at radius 1 is 1.16 bits per heavy atom. The second kappa shape index (κ2) is 7.92. The molecule has 2 saturated carbocycles. The highest BCUT2D eigenvalue weighted by Crippen LogP contribution is 2.77. The van der Waals surface area contributed by atoms with Crippen LogP contribution in [0.5, 0.6) is 17.2 Å². The van der Waals surface area contributed by atoms with Gasteiger partial charge in [0.1, 0.15) is 28.9 Å². The molecule has 7 nitrogen and oxygen atoms in total. The number of pyridine rings is 1. The van der Waals surface area contributed by atoms with Crippen molar-refractivity contribution in [1.82, 2.24) is 10.3 Å². The number of fused-ring (bicyclic) bond motifs is 2. The number of aromatic nitrogens is 1. The molecule has 37 heavy (non-hydrogen) atoms. The number of rotatable bonds is 5. The lowest BCUT2D eigenvalue weighted by Gasteiger charge is -2.20. The maximum atomic E-state index is 13.9. The third-order valence-electron chi connectivity index (χ3n) is 7.22. The van der Waals surface area contributed by atoms with E-state index in [0.717, 1.165) is 11.6 Å². The number of aromatic hydroxyl groups is 1. The summed E-state index contributed by atoms with van der Waals surface area (Å²) in [6.07, 6.45) is -1.92. The summed E-state index contributed by atoms with van der Waals surface area (Å²) in [4.78, 5) is 28.5. The number of amides is 2. The van der Waals surface area contributed by atoms with Crippen LogP contribution in [-0.4, -0.2) is 27.4 Å². The van der Waals surface area contributed by atoms with Crippen molar-refractivity contribution in [3.63, 3.8) is 0 Å². The highest BCUT2D eigenvalue weighted by molar-refractivity contribution is 5.96. The second-order valence-corrected chi connectivity index (χ2v) is 9.48. The number of phenols is 1. The van der Waals surface area contributed by atoms with Crippen LogP contribution >= 0.6 is 0 Å². The molecule has 3 N–H and O–H groups in total. The van der Waals surface area contributed by atoms with Gasteiger partial charge in [-0.3, -0.25) is 9.59 Å². The van der Waals surface area contributed by atoms with Crippen LogP contribution in [0.2, 0.25) is 0 Å². The molecule has 11 heteroatoms. The number of hydrogen-bond donors (Lipinski definition) is 3. The minimum atomic E-state index is -4.85. The van der Waals surface area contributed by atoms with Gasteiger partial charge in [0.25, 0.3) is 5.91 Å². The topological polar surface area (TPSA) is 101 Å². The lowest BCUT2D eigenvalue weighted by atomic mass is 9.99. The number of hydrogen-bond acceptors (Lipinski definition) is 5. The fourth-order valence-corrected chi connectivity index (χ4v) is 5.12. The molecular formula is C26H19F4N3O4. The number of ether oxygens (including phenoxy) is 1. The summed E-state index contributed by atoms with van der Waals surface area (Å²) in [5.74, 6) is -1.08. The van der Waals surface area contributed by atoms with E-state index in [4.69, 9.17) is 4.74 Å². The fraction of sp³-hybridized carbons (Fsp3) is 0.269. The summed E-state index contributed by atoms with van der Waals surface area (Å²) >= 11 is 0. The average Bonchev–Trinajstić information content (AvgIpc) is 3.70. The Labute approximate surface area is 207 Å². The number of nitrogens with one attached hydrogen (secondary N) is 2. The van der Waals surface area contributed by atoms with Crippen molar-refractivity contribution in [1.29, 1.82) is 0 Å². The average molecular weight is 513 g/mol. The molecule has 1 aliphatic heterocycles. The summed E-state index contributed by atoms with van der Waals surface area (Å²) in [6, 6.07) is 8.50. The molecule has 0 spiro atoms. The van der Waals surface area contributed by atoms with E-state index in [1.807, 2.05) is 0 Å². The molecule has 6 rings (SSSR count). The zero-order valence-electron chi connectivity index (χ0n) is 19.0. The normalized spacial score (nSPS) is 23.4. The lowest BCUT2D eigenvalue weighted by molar-refractivity contribution is -0.140. The Morgan fingerprint density at radius 3 is 2.70 bits per heavy atom. The van der Waals surface area contributed by atoms with Crippen molar-refractivity contribution in [2.75, 3.05) is 5.32 Å². The molecule has 3 aromatic rings. The van der Waals surface area contributed by atoms with E-state index in [1.165, 1.54) is 12.3 Å². The largest absolute Gasteiger partial charge is 0.508 e. The van der Waals surface area contributed by atoms with Gasteiger partial charge in [-0.15, -0.1) is 0 Å². The molecule has 0 radical (unpaired) electrons. The molecule has 2 aromatic carbocycles. The van der Waals surface area contributed by atoms with Crippen molar-refractivity contribution in [3.05, 3.63) is 76.7 Å². The van der Waals surface area contributed by atoms with Crippen LogP contribution in [0, 0.1) is 11.7 Å². The molecule has 0 saturated heterocycles. The van der Waals surface area contributed by atoms with Crippen LogP contribution in [0.4, 0.5) is 23.4 Å². The summed E-state index contributed by atoms with van der Waals surface area (Å²) in [7, 11) is 0. The van der Waals surface area contributed by atoms with Crippen LogP contribution in [0.15, 0.2) is 48.7 Å². The zero-order valence-corrected chi connectivity index (χ0v) is 19.0. The lowest BCUT2D eigenvalue weighted by Crippen LogP contribution is -2.33. The number of anilines is 1. The number of phenolic OH excluding ortho intramolecular Hbond substituents is 1. The van der Waals surface area contributed by atoms with Crippen LogP contribution in [0.1, 0.15) is 45.8 Å². The minimum Gasteiger partial charge on any atom is -0.508 e. The van der Waals surface area contributed by atoms with Crippen LogP contribution in [0.25, 0.3) is 0 Å². The Kier molecular flexibility index (Phi) is 4.98. The quantitative estimate of drug-likeness (QED) is 0.421. The first-order valence-corrected chi connectivity index (χ1v) is 11.5. The Bertz CT molecular complexity index is 1470. The van der Waals surface area contributed by atoms with E-state index in [0.29, 0.717) is 54.3 Å². The highest BCUT2D eigenvalue weighted by Gasteiger charge is 2.80. The Morgan fingerprint density at radius 2 is 1.97 bits per heavy atom. The van der Waals surface area contributed by atoms with Crippen molar-refractivity contribution in [2.45, 2.75) is 36.9 Å². The van der Waals surface area contributed by atoms with Gasteiger partial charge in [-0.05, 0) is 61.2 Å². The first kappa shape index (κ1) is 23.3. The van der Waals surface area contributed by atoms with E-state index < -0.39 is 29.0 Å². The minimum absolute atomic E-state index is 0.0165. The number of alkyl halides is 3. The number of halogens is 4. The number of benzene rings is 2. The smallest absolute Gasteiger partial charge is 0.419 e. The van der Waals surface area contributed by atoms with E-state index in [1.54, 1.807) is 18.2 Å². The van der Waals surface area contributed by atoms with Gasteiger partial charge in [0, 0.05) is 35.2 Å². The van der Waals surface area contributed by atoms with Crippen molar-refractivity contribution in [2.24, 2.45) is 5.92 Å². The van der Waals surface area contributed by atoms with E-state index >= 15 is 0 Å². The molecule has 2 fully saturated rings. The van der Waals surface area contributed by atoms with E-state index in [-0.39, 0.29) is 29.1 Å². The SMILES string of the molecule is O=C1CCc2c(Oc3ccc(O)c([C@@H]4[C@@H]5C[C@@]45NC(=O)c4ccc(C(F)(F)F)c(F)c4)c3)ccnc2N1. The molecule has 0 bridgehead atoms. The zero-order chi connectivity index (χ0) is 26.1. The van der Waals surface area contributed by atoms with Gasteiger partial charge in [-0.1, -0.05) is 0 Å². The summed E-state index contributed by atoms with van der Waals surface area (Å²) in [6.45, 7) is 0. The van der Waals surface area contributed by atoms with Gasteiger partial charge in [-0.2, -0.15) is 13.2 Å². The van der Waals surface area contributed by atoms with Gasteiger partial charge in [-0.25, -0.2) is 9.37 Å². The summed E-state index contributed by atoms with van der Waals surface area (Å²) in [5.41, 5.74) is -0.975. The van der Waals surface area contributed by atoms with E-state index in [9.17, 15) is 32.3 Å². The highest BCUT2D eigenvalue weighted by atomic mass is 19.4. The third-order valence-corrected chi connectivity index (χ3v) is 7.22. The van der Waals surface area contributed by atoms with E-state index in [2.05, 4.69) is 15.6 Å². The molecule has 3 atom stereocenters. The first-order valence-electron chi connectivity index (χ1n) is 11.5. The molecule has 2 amide bonds. The Hall–Kier alpha value is -4.15. The van der Waals surface area contributed by atoms with Crippen molar-refractivity contribution < 1.29 is 37.0 Å². The number of nitrogens with zero attached hydrogens (tertiary/aromatic N) is 1. The van der Waals surface area contributed by atoms with Gasteiger partial charge in [0.05, 0.1) is 11.1 Å². The molecule has 2 heterocycles. The molecule has 1 aromatic heterocycles. The predicted molar refractivity (Wildman–Crippen MR) is 122 cm³/mol. The summed E-state index contributed by atoms with van der Waals surface area (Å²) in [5, 5.41) is 16.0. The van der Waals surface area contributed by atoms with Crippen LogP contribution in [-0.2, 0) is 17.4 Å². The molecule has 0 unspecified atom stereocenters. The molecule has 3 aliphatic rings. The molecular weight excluding hydrogens is 494 g/mol. The Balaban J connectivity index is 1.19. The van der Waals surface area contributed by atoms with Crippen LogP contribution < -0.4 is 15.4 Å². The van der Waals surface area contributed by atoms with Gasteiger partial charge in [0.15, 0.2) is 0 Å². The predicted octanol–water partition coefficient (Wildman–Crippen LogP) is 4.91. The standard InChI is InChI=1S/C26H19F4N3O4/c27-18-9-12(1-4-16(18)26(28,29)30)24(36)33-25-11-17(25)22(25)15-10-13(2-5-19(15)34)37-20-7-8-31-23-14(20)3-6-21(35)32-23/h1-2,4-5,7-10,17,22,34H,3,6,11H2,(H,33,36)(H,31,32,35)/t17-,22+,25-/m0/s1. The van der Waals surface area contributed by atoms with Gasteiger partial charge < -0.3 is 20.5 Å². The fourth-order valence-electron chi connectivity index (χ4n) is 5.12. The monoisotopic (exact) mass is 513 g/mol. The summed E-state index contributed by atoms with van der Waals surface area (Å²) < 4.78 is 58.4.